The standard InChI is InChI=1S/C8H5FO4/c9-13-8(11)12-7-3-1-6(5-10)2-4-7/h1-5H. The van der Waals surface area contributed by atoms with Gasteiger partial charge >= 0.3 is 6.16 Å². The number of ether oxygens (including phenoxy) is 1. The van der Waals surface area contributed by atoms with E-state index in [0.29, 0.717) is 11.8 Å². The molecule has 0 fully saturated rings. The first-order chi connectivity index (χ1) is 6.26. The zero-order chi connectivity index (χ0) is 9.68. The van der Waals surface area contributed by atoms with Crippen molar-refractivity contribution in [2.75, 3.05) is 0 Å². The van der Waals surface area contributed by atoms with Gasteiger partial charge in [-0.3, -0.25) is 4.79 Å². The minimum atomic E-state index is -1.45. The number of aldehydes is 1. The summed E-state index contributed by atoms with van der Waals surface area (Å²) >= 11 is 0. The molecule has 13 heavy (non-hydrogen) atoms. The van der Waals surface area contributed by atoms with E-state index in [0.717, 1.165) is 0 Å². The molecule has 0 atom stereocenters. The molecule has 0 aliphatic rings. The molecule has 0 spiro atoms. The van der Waals surface area contributed by atoms with Crippen LogP contribution in [0.5, 0.6) is 5.75 Å². The molecule has 1 rings (SSSR count). The maximum atomic E-state index is 11.2. The lowest BCUT2D eigenvalue weighted by Crippen LogP contribution is -2.04. The van der Waals surface area contributed by atoms with Crippen LogP contribution in [-0.4, -0.2) is 12.4 Å². The number of carbonyl (C=O) groups is 2. The summed E-state index contributed by atoms with van der Waals surface area (Å²) in [6.45, 7) is 0. The Bertz CT molecular complexity index is 306. The lowest BCUT2D eigenvalue weighted by atomic mass is 10.2. The van der Waals surface area contributed by atoms with Crippen molar-refractivity contribution in [1.82, 2.24) is 0 Å². The quantitative estimate of drug-likeness (QED) is 0.400. The van der Waals surface area contributed by atoms with Crippen LogP contribution >= 0.6 is 0 Å². The summed E-state index contributed by atoms with van der Waals surface area (Å²) in [5.41, 5.74) is 0.431. The molecule has 0 aromatic heterocycles. The predicted octanol–water partition coefficient (Wildman–Crippen LogP) is 1.90. The van der Waals surface area contributed by atoms with Crippen molar-refractivity contribution in [1.29, 1.82) is 0 Å². The Morgan fingerprint density at radius 1 is 1.31 bits per heavy atom. The minimum absolute atomic E-state index is 0.105. The zero-order valence-corrected chi connectivity index (χ0v) is 6.40. The normalized spacial score (nSPS) is 9.00. The first kappa shape index (κ1) is 9.18. The fraction of sp³-hybridized carbons (Fsp3) is 0. The lowest BCUT2D eigenvalue weighted by molar-refractivity contribution is -0.0842. The van der Waals surface area contributed by atoms with Crippen LogP contribution in [0.3, 0.4) is 0 Å². The summed E-state index contributed by atoms with van der Waals surface area (Å²) in [5, 5.41) is 0. The van der Waals surface area contributed by atoms with Crippen LogP contribution in [0.25, 0.3) is 0 Å². The third-order valence-electron chi connectivity index (χ3n) is 1.28. The van der Waals surface area contributed by atoms with Crippen molar-refractivity contribution in [2.45, 2.75) is 0 Å². The summed E-state index contributed by atoms with van der Waals surface area (Å²) < 4.78 is 15.5. The van der Waals surface area contributed by atoms with Crippen LogP contribution in [0.15, 0.2) is 24.3 Å². The van der Waals surface area contributed by atoms with E-state index in [4.69, 9.17) is 0 Å². The van der Waals surface area contributed by atoms with Crippen molar-refractivity contribution in [2.24, 2.45) is 0 Å². The predicted molar refractivity (Wildman–Crippen MR) is 40.0 cm³/mol. The molecule has 68 valence electrons. The highest BCUT2D eigenvalue weighted by molar-refractivity contribution is 5.75. The smallest absolute Gasteiger partial charge is 0.393 e. The van der Waals surface area contributed by atoms with Crippen LogP contribution in [-0.2, 0) is 4.94 Å². The summed E-state index contributed by atoms with van der Waals surface area (Å²) in [5.74, 6) is 0.105. The maximum absolute atomic E-state index is 11.2. The van der Waals surface area contributed by atoms with Crippen molar-refractivity contribution in [3.8, 4) is 5.75 Å². The Morgan fingerprint density at radius 2 is 1.92 bits per heavy atom. The van der Waals surface area contributed by atoms with Gasteiger partial charge in [-0.05, 0) is 24.3 Å². The fourth-order valence-electron chi connectivity index (χ4n) is 0.726. The van der Waals surface area contributed by atoms with E-state index in [1.165, 1.54) is 24.3 Å². The van der Waals surface area contributed by atoms with Gasteiger partial charge in [0.1, 0.15) is 12.0 Å². The molecule has 1 aromatic rings. The van der Waals surface area contributed by atoms with E-state index in [2.05, 4.69) is 9.68 Å². The average molecular weight is 184 g/mol. The topological polar surface area (TPSA) is 52.6 Å². The number of rotatable bonds is 2. The van der Waals surface area contributed by atoms with Crippen LogP contribution in [0, 0.1) is 0 Å². The average Bonchev–Trinajstić information content (AvgIpc) is 2.19. The Labute approximate surface area is 72.8 Å². The van der Waals surface area contributed by atoms with Gasteiger partial charge in [-0.25, -0.2) is 4.94 Å². The van der Waals surface area contributed by atoms with Gasteiger partial charge < -0.3 is 4.74 Å². The van der Waals surface area contributed by atoms with Gasteiger partial charge in [0.2, 0.25) is 0 Å². The molecule has 0 heterocycles. The van der Waals surface area contributed by atoms with Crippen molar-refractivity contribution in [3.63, 3.8) is 0 Å². The summed E-state index contributed by atoms with van der Waals surface area (Å²) in [6.07, 6.45) is -0.809. The van der Waals surface area contributed by atoms with Gasteiger partial charge in [0.25, 0.3) is 0 Å². The van der Waals surface area contributed by atoms with Crippen LogP contribution in [0.4, 0.5) is 9.32 Å². The lowest BCUT2D eigenvalue weighted by Gasteiger charge is -1.98. The van der Waals surface area contributed by atoms with Gasteiger partial charge in [0, 0.05) is 10.1 Å². The Hall–Kier alpha value is -1.91. The van der Waals surface area contributed by atoms with Gasteiger partial charge in [-0.2, -0.15) is 4.79 Å². The highest BCUT2D eigenvalue weighted by atomic mass is 19.3. The van der Waals surface area contributed by atoms with Gasteiger partial charge in [0.05, 0.1) is 0 Å². The number of hydrogen-bond acceptors (Lipinski definition) is 4. The molecule has 0 saturated heterocycles. The van der Waals surface area contributed by atoms with Crippen molar-refractivity contribution in [3.05, 3.63) is 29.8 Å². The molecule has 0 unspecified atom stereocenters. The van der Waals surface area contributed by atoms with Gasteiger partial charge in [0.15, 0.2) is 0 Å². The molecule has 4 nitrogen and oxygen atoms in total. The number of hydrogen-bond donors (Lipinski definition) is 0. The highest BCUT2D eigenvalue weighted by Gasteiger charge is 2.05. The molecule has 1 aromatic carbocycles. The Balaban J connectivity index is 2.69. The summed E-state index contributed by atoms with van der Waals surface area (Å²) in [6, 6.07) is 5.54. The second-order valence-electron chi connectivity index (χ2n) is 2.12. The number of benzene rings is 1. The molecule has 5 heteroatoms. The number of halogens is 1. The first-order valence-electron chi connectivity index (χ1n) is 3.32. The summed E-state index contributed by atoms with van der Waals surface area (Å²) in [7, 11) is 0. The van der Waals surface area contributed by atoms with E-state index in [1.807, 2.05) is 0 Å². The molecular formula is C8H5FO4. The van der Waals surface area contributed by atoms with E-state index in [-0.39, 0.29) is 5.75 Å². The van der Waals surface area contributed by atoms with Crippen molar-refractivity contribution >= 4 is 12.4 Å². The second-order valence-corrected chi connectivity index (χ2v) is 2.12. The fourth-order valence-corrected chi connectivity index (χ4v) is 0.726. The van der Waals surface area contributed by atoms with Crippen LogP contribution in [0.1, 0.15) is 10.4 Å². The molecule has 0 aliphatic heterocycles. The Kier molecular flexibility index (Phi) is 2.97. The molecule has 0 aliphatic carbocycles. The van der Waals surface area contributed by atoms with Crippen LogP contribution < -0.4 is 4.74 Å². The Morgan fingerprint density at radius 3 is 2.38 bits per heavy atom. The molecule has 0 amide bonds. The van der Waals surface area contributed by atoms with E-state index in [9.17, 15) is 14.1 Å². The van der Waals surface area contributed by atoms with E-state index >= 15 is 0 Å². The van der Waals surface area contributed by atoms with Gasteiger partial charge in [-0.1, -0.05) is 0 Å². The minimum Gasteiger partial charge on any atom is -0.393 e. The van der Waals surface area contributed by atoms with E-state index < -0.39 is 6.16 Å². The number of carbonyl (C=O) groups excluding carboxylic acids is 2. The third kappa shape index (κ3) is 2.55. The monoisotopic (exact) mass is 184 g/mol. The molecular weight excluding hydrogens is 179 g/mol. The second kappa shape index (κ2) is 4.20. The highest BCUT2D eigenvalue weighted by Crippen LogP contribution is 2.11. The summed E-state index contributed by atoms with van der Waals surface area (Å²) in [4.78, 5) is 23.2. The first-order valence-corrected chi connectivity index (χ1v) is 3.32. The molecule has 0 saturated carbocycles. The molecule has 0 N–H and O–H groups in total. The van der Waals surface area contributed by atoms with Gasteiger partial charge in [-0.15, -0.1) is 0 Å². The third-order valence-corrected chi connectivity index (χ3v) is 1.28. The van der Waals surface area contributed by atoms with E-state index in [1.54, 1.807) is 0 Å². The molecule has 0 bridgehead atoms. The van der Waals surface area contributed by atoms with Crippen LogP contribution in [0.2, 0.25) is 0 Å². The van der Waals surface area contributed by atoms with Crippen molar-refractivity contribution < 1.29 is 23.8 Å². The zero-order valence-electron chi connectivity index (χ0n) is 6.40. The SMILES string of the molecule is O=Cc1ccc(OC(=O)OF)cc1. The maximum Gasteiger partial charge on any atom is 0.550 e. The molecule has 0 radical (unpaired) electrons. The largest absolute Gasteiger partial charge is 0.550 e.